The molecule has 0 fully saturated rings. The van der Waals surface area contributed by atoms with Gasteiger partial charge in [0, 0.05) is 5.56 Å². The van der Waals surface area contributed by atoms with Crippen LogP contribution in [0.15, 0.2) is 53.5 Å². The van der Waals surface area contributed by atoms with Crippen LogP contribution in [0.5, 0.6) is 0 Å². The standard InChI is InChI=1S/C18H19NO/c1-2-3-5-8-15-11-12-18(19-14-20)17(13-15)16-9-6-4-7-10-16/h4,6-7,9-13H,2-3,5,8H2,1H3. The van der Waals surface area contributed by atoms with E-state index in [1.807, 2.05) is 36.4 Å². The van der Waals surface area contributed by atoms with Crippen LogP contribution in [-0.4, -0.2) is 6.08 Å². The zero-order valence-corrected chi connectivity index (χ0v) is 11.8. The van der Waals surface area contributed by atoms with Crippen LogP contribution in [0, 0.1) is 0 Å². The molecule has 0 aliphatic heterocycles. The summed E-state index contributed by atoms with van der Waals surface area (Å²) < 4.78 is 0. The van der Waals surface area contributed by atoms with E-state index in [1.54, 1.807) is 6.08 Å². The minimum absolute atomic E-state index is 0.686. The van der Waals surface area contributed by atoms with Gasteiger partial charge in [0.05, 0.1) is 5.69 Å². The van der Waals surface area contributed by atoms with Gasteiger partial charge in [-0.15, -0.1) is 0 Å². The minimum atomic E-state index is 0.686. The van der Waals surface area contributed by atoms with Crippen molar-refractivity contribution >= 4 is 11.8 Å². The predicted octanol–water partition coefficient (Wildman–Crippen LogP) is 5.05. The Morgan fingerprint density at radius 1 is 1.05 bits per heavy atom. The second kappa shape index (κ2) is 7.42. The van der Waals surface area contributed by atoms with Gasteiger partial charge in [-0.05, 0) is 36.1 Å². The Morgan fingerprint density at radius 2 is 1.85 bits per heavy atom. The highest BCUT2D eigenvalue weighted by molar-refractivity contribution is 5.77. The maximum Gasteiger partial charge on any atom is 0.240 e. The Kier molecular flexibility index (Phi) is 5.28. The van der Waals surface area contributed by atoms with Gasteiger partial charge in [0.1, 0.15) is 0 Å². The van der Waals surface area contributed by atoms with E-state index < -0.39 is 0 Å². The molecule has 0 saturated heterocycles. The zero-order valence-electron chi connectivity index (χ0n) is 11.8. The van der Waals surface area contributed by atoms with Crippen LogP contribution in [0.25, 0.3) is 11.1 Å². The lowest BCUT2D eigenvalue weighted by Gasteiger charge is -2.08. The van der Waals surface area contributed by atoms with E-state index in [9.17, 15) is 4.79 Å². The van der Waals surface area contributed by atoms with Gasteiger partial charge in [-0.1, -0.05) is 56.2 Å². The zero-order chi connectivity index (χ0) is 14.2. The molecule has 0 saturated carbocycles. The van der Waals surface area contributed by atoms with Crippen LogP contribution in [0.3, 0.4) is 0 Å². The van der Waals surface area contributed by atoms with Crippen molar-refractivity contribution in [3.63, 3.8) is 0 Å². The fourth-order valence-electron chi connectivity index (χ4n) is 2.31. The average molecular weight is 265 g/mol. The van der Waals surface area contributed by atoms with Crippen LogP contribution in [0.1, 0.15) is 31.7 Å². The molecule has 0 N–H and O–H groups in total. The van der Waals surface area contributed by atoms with Crippen molar-refractivity contribution in [1.82, 2.24) is 0 Å². The summed E-state index contributed by atoms with van der Waals surface area (Å²) in [6.07, 6.45) is 6.37. The van der Waals surface area contributed by atoms with Crippen molar-refractivity contribution in [3.05, 3.63) is 54.1 Å². The number of aryl methyl sites for hydroxylation is 1. The molecule has 102 valence electrons. The van der Waals surface area contributed by atoms with Crippen molar-refractivity contribution < 1.29 is 4.79 Å². The number of nitrogens with zero attached hydrogens (tertiary/aromatic N) is 1. The van der Waals surface area contributed by atoms with Crippen molar-refractivity contribution in [2.45, 2.75) is 32.6 Å². The molecule has 2 aromatic rings. The summed E-state index contributed by atoms with van der Waals surface area (Å²) in [6.45, 7) is 2.21. The van der Waals surface area contributed by atoms with Crippen LogP contribution in [0.2, 0.25) is 0 Å². The Hall–Kier alpha value is -2.18. The number of hydrogen-bond acceptors (Lipinski definition) is 2. The fourth-order valence-corrected chi connectivity index (χ4v) is 2.31. The third-order valence-corrected chi connectivity index (χ3v) is 3.38. The Balaban J connectivity index is 2.35. The van der Waals surface area contributed by atoms with Crippen LogP contribution in [-0.2, 0) is 11.2 Å². The smallest absolute Gasteiger partial charge is 0.211 e. The normalized spacial score (nSPS) is 10.1. The number of benzene rings is 2. The fraction of sp³-hybridized carbons (Fsp3) is 0.278. The van der Waals surface area contributed by atoms with Gasteiger partial charge in [0.2, 0.25) is 6.08 Å². The van der Waals surface area contributed by atoms with Crippen molar-refractivity contribution in [2.75, 3.05) is 0 Å². The highest BCUT2D eigenvalue weighted by Gasteiger charge is 2.06. The first-order chi connectivity index (χ1) is 9.85. The van der Waals surface area contributed by atoms with E-state index in [4.69, 9.17) is 0 Å². The lowest BCUT2D eigenvalue weighted by molar-refractivity contribution is 0.565. The van der Waals surface area contributed by atoms with E-state index in [-0.39, 0.29) is 0 Å². The number of isocyanates is 1. The van der Waals surface area contributed by atoms with Gasteiger partial charge in [0.15, 0.2) is 0 Å². The van der Waals surface area contributed by atoms with E-state index in [2.05, 4.69) is 24.0 Å². The maximum atomic E-state index is 10.6. The molecule has 0 radical (unpaired) electrons. The van der Waals surface area contributed by atoms with Crippen LogP contribution >= 0.6 is 0 Å². The van der Waals surface area contributed by atoms with E-state index >= 15 is 0 Å². The quantitative estimate of drug-likeness (QED) is 0.408. The number of rotatable bonds is 6. The Labute approximate surface area is 120 Å². The van der Waals surface area contributed by atoms with Gasteiger partial charge >= 0.3 is 0 Å². The molecule has 0 unspecified atom stereocenters. The highest BCUT2D eigenvalue weighted by Crippen LogP contribution is 2.31. The first-order valence-electron chi connectivity index (χ1n) is 7.11. The molecule has 0 aliphatic rings. The predicted molar refractivity (Wildman–Crippen MR) is 82.9 cm³/mol. The summed E-state index contributed by atoms with van der Waals surface area (Å²) in [6, 6.07) is 16.1. The number of aliphatic imine (C=N–C) groups is 1. The Morgan fingerprint density at radius 3 is 2.55 bits per heavy atom. The van der Waals surface area contributed by atoms with E-state index in [1.165, 1.54) is 24.8 Å². The number of unbranched alkanes of at least 4 members (excludes halogenated alkanes) is 2. The molecule has 2 heteroatoms. The molecule has 0 spiro atoms. The van der Waals surface area contributed by atoms with Crippen LogP contribution in [0.4, 0.5) is 5.69 Å². The highest BCUT2D eigenvalue weighted by atomic mass is 16.1. The molecule has 0 amide bonds. The largest absolute Gasteiger partial charge is 0.240 e. The van der Waals surface area contributed by atoms with Crippen molar-refractivity contribution in [1.29, 1.82) is 0 Å². The van der Waals surface area contributed by atoms with Crippen molar-refractivity contribution in [3.8, 4) is 11.1 Å². The molecule has 2 nitrogen and oxygen atoms in total. The summed E-state index contributed by atoms with van der Waals surface area (Å²) in [5.74, 6) is 0. The third-order valence-electron chi connectivity index (χ3n) is 3.38. The molecule has 20 heavy (non-hydrogen) atoms. The van der Waals surface area contributed by atoms with E-state index in [0.29, 0.717) is 5.69 Å². The average Bonchev–Trinajstić information content (AvgIpc) is 2.50. The summed E-state index contributed by atoms with van der Waals surface area (Å²) in [7, 11) is 0. The van der Waals surface area contributed by atoms with Gasteiger partial charge in [-0.25, -0.2) is 4.79 Å². The lowest BCUT2D eigenvalue weighted by atomic mass is 9.98. The first-order valence-corrected chi connectivity index (χ1v) is 7.11. The summed E-state index contributed by atoms with van der Waals surface area (Å²) in [5.41, 5.74) is 4.06. The summed E-state index contributed by atoms with van der Waals surface area (Å²) in [5, 5.41) is 0. The maximum absolute atomic E-state index is 10.6. The monoisotopic (exact) mass is 265 g/mol. The Bertz CT molecular complexity index is 598. The first kappa shape index (κ1) is 14.2. The molecule has 0 atom stereocenters. The molecular weight excluding hydrogens is 246 g/mol. The molecule has 0 bridgehead atoms. The number of hydrogen-bond donors (Lipinski definition) is 0. The minimum Gasteiger partial charge on any atom is -0.211 e. The summed E-state index contributed by atoms with van der Waals surface area (Å²) >= 11 is 0. The molecular formula is C18H19NO. The molecule has 0 aromatic heterocycles. The van der Waals surface area contributed by atoms with Crippen LogP contribution < -0.4 is 0 Å². The van der Waals surface area contributed by atoms with Crippen molar-refractivity contribution in [2.24, 2.45) is 4.99 Å². The second-order valence-corrected chi connectivity index (χ2v) is 4.88. The molecule has 0 aliphatic carbocycles. The van der Waals surface area contributed by atoms with Gasteiger partial charge in [-0.3, -0.25) is 0 Å². The van der Waals surface area contributed by atoms with Gasteiger partial charge in [-0.2, -0.15) is 4.99 Å². The third kappa shape index (κ3) is 3.66. The molecule has 2 aromatic carbocycles. The van der Waals surface area contributed by atoms with Gasteiger partial charge in [0.25, 0.3) is 0 Å². The SMILES string of the molecule is CCCCCc1ccc(N=C=O)c(-c2ccccc2)c1. The lowest BCUT2D eigenvalue weighted by Crippen LogP contribution is -1.88. The van der Waals surface area contributed by atoms with E-state index in [0.717, 1.165) is 17.5 Å². The molecule has 2 rings (SSSR count). The second-order valence-electron chi connectivity index (χ2n) is 4.88. The summed E-state index contributed by atoms with van der Waals surface area (Å²) in [4.78, 5) is 14.4. The molecule has 0 heterocycles. The number of carbonyl (C=O) groups excluding carboxylic acids is 1. The van der Waals surface area contributed by atoms with Gasteiger partial charge < -0.3 is 0 Å². The topological polar surface area (TPSA) is 29.4 Å².